The van der Waals surface area contributed by atoms with Crippen LogP contribution in [-0.2, 0) is 6.61 Å². The molecule has 0 aliphatic heterocycles. The highest BCUT2D eigenvalue weighted by Crippen LogP contribution is 2.27. The summed E-state index contributed by atoms with van der Waals surface area (Å²) >= 11 is 5.95. The van der Waals surface area contributed by atoms with E-state index in [4.69, 9.17) is 25.8 Å². The van der Waals surface area contributed by atoms with Crippen molar-refractivity contribution in [3.05, 3.63) is 87.9 Å². The molecule has 34 heavy (non-hydrogen) atoms. The van der Waals surface area contributed by atoms with E-state index in [1.54, 1.807) is 54.6 Å². The monoisotopic (exact) mass is 480 g/mol. The highest BCUT2D eigenvalue weighted by molar-refractivity contribution is 6.30. The third kappa shape index (κ3) is 5.38. The number of benzene rings is 2. The summed E-state index contributed by atoms with van der Waals surface area (Å²) < 4.78 is 17.7. The van der Waals surface area contributed by atoms with Gasteiger partial charge in [0.25, 0.3) is 5.56 Å². The van der Waals surface area contributed by atoms with Crippen molar-refractivity contribution < 1.29 is 19.0 Å². The van der Waals surface area contributed by atoms with Crippen molar-refractivity contribution in [2.24, 2.45) is 0 Å². The van der Waals surface area contributed by atoms with Gasteiger partial charge in [0.2, 0.25) is 0 Å². The number of nitrogens with one attached hydrogen (secondary N) is 2. The first-order valence-electron chi connectivity index (χ1n) is 10.2. The van der Waals surface area contributed by atoms with Gasteiger partial charge in [-0.05, 0) is 24.3 Å². The first-order chi connectivity index (χ1) is 16.4. The van der Waals surface area contributed by atoms with E-state index >= 15 is 0 Å². The standard InChI is InChI=1S/C24H21ClN4O5/c1-32-18-9-16(10-19(12-18)33-2)27-24(31)28-20-5-3-4-6-21(20)34-14-17-11-23(30)29-13-15(25)7-8-22(29)26-17/h3-13H,14H2,1-2H3,(H2,27,28,31). The Bertz CT molecular complexity index is 1380. The van der Waals surface area contributed by atoms with Crippen molar-refractivity contribution in [3.63, 3.8) is 0 Å². The lowest BCUT2D eigenvalue weighted by atomic mass is 10.2. The summed E-state index contributed by atoms with van der Waals surface area (Å²) in [5.74, 6) is 1.50. The summed E-state index contributed by atoms with van der Waals surface area (Å²) in [5.41, 5.74) is 1.56. The van der Waals surface area contributed by atoms with Crippen LogP contribution in [0.4, 0.5) is 16.2 Å². The van der Waals surface area contributed by atoms with E-state index in [1.807, 2.05) is 0 Å². The van der Waals surface area contributed by atoms with Gasteiger partial charge in [-0.1, -0.05) is 23.7 Å². The second-order valence-corrected chi connectivity index (χ2v) is 7.56. The fourth-order valence-electron chi connectivity index (χ4n) is 3.21. The van der Waals surface area contributed by atoms with Crippen LogP contribution in [0.15, 0.2) is 71.7 Å². The normalized spacial score (nSPS) is 10.6. The number of carbonyl (C=O) groups excluding carboxylic acids is 1. The van der Waals surface area contributed by atoms with Crippen LogP contribution in [0.25, 0.3) is 5.65 Å². The molecule has 2 aromatic carbocycles. The number of ether oxygens (including phenoxy) is 3. The van der Waals surface area contributed by atoms with Crippen molar-refractivity contribution >= 4 is 34.7 Å². The summed E-state index contributed by atoms with van der Waals surface area (Å²) in [6.07, 6.45) is 1.51. The zero-order chi connectivity index (χ0) is 24.1. The molecule has 0 aliphatic rings. The first-order valence-corrected chi connectivity index (χ1v) is 10.5. The van der Waals surface area contributed by atoms with E-state index < -0.39 is 6.03 Å². The molecule has 2 N–H and O–H groups in total. The summed E-state index contributed by atoms with van der Waals surface area (Å²) in [6, 6.07) is 16.2. The Morgan fingerprint density at radius 1 is 1.00 bits per heavy atom. The minimum absolute atomic E-state index is 0.0295. The SMILES string of the molecule is COc1cc(NC(=O)Nc2ccccc2OCc2cc(=O)n3cc(Cl)ccc3n2)cc(OC)c1. The molecule has 9 nitrogen and oxygen atoms in total. The Morgan fingerprint density at radius 2 is 1.74 bits per heavy atom. The Morgan fingerprint density at radius 3 is 2.47 bits per heavy atom. The number of anilines is 2. The lowest BCUT2D eigenvalue weighted by molar-refractivity contribution is 0.261. The summed E-state index contributed by atoms with van der Waals surface area (Å²) in [4.78, 5) is 29.4. The second kappa shape index (κ2) is 10.1. The summed E-state index contributed by atoms with van der Waals surface area (Å²) in [7, 11) is 3.06. The molecule has 4 rings (SSSR count). The maximum absolute atomic E-state index is 12.6. The predicted molar refractivity (Wildman–Crippen MR) is 129 cm³/mol. The summed E-state index contributed by atoms with van der Waals surface area (Å²) in [5, 5.41) is 5.94. The number of methoxy groups -OCH3 is 2. The molecule has 0 bridgehead atoms. The highest BCUT2D eigenvalue weighted by atomic mass is 35.5. The van der Waals surface area contributed by atoms with Gasteiger partial charge in [-0.25, -0.2) is 9.78 Å². The Kier molecular flexibility index (Phi) is 6.84. The number of rotatable bonds is 7. The van der Waals surface area contributed by atoms with Crippen molar-refractivity contribution in [1.29, 1.82) is 0 Å². The molecule has 0 saturated heterocycles. The number of hydrogen-bond donors (Lipinski definition) is 2. The number of hydrogen-bond acceptors (Lipinski definition) is 6. The van der Waals surface area contributed by atoms with E-state index in [1.165, 1.54) is 30.9 Å². The van der Waals surface area contributed by atoms with Gasteiger partial charge in [0.1, 0.15) is 29.5 Å². The number of amides is 2. The van der Waals surface area contributed by atoms with Gasteiger partial charge in [-0.2, -0.15) is 0 Å². The van der Waals surface area contributed by atoms with Gasteiger partial charge in [0.05, 0.1) is 30.6 Å². The minimum atomic E-state index is -0.481. The van der Waals surface area contributed by atoms with Crippen LogP contribution in [0.2, 0.25) is 5.02 Å². The van der Waals surface area contributed by atoms with Gasteiger partial charge >= 0.3 is 6.03 Å². The number of urea groups is 1. The molecule has 174 valence electrons. The predicted octanol–water partition coefficient (Wildman–Crippen LogP) is 4.59. The molecule has 0 radical (unpaired) electrons. The van der Waals surface area contributed by atoms with Crippen LogP contribution in [0.5, 0.6) is 17.2 Å². The van der Waals surface area contributed by atoms with Gasteiger partial charge in [-0.15, -0.1) is 0 Å². The molecule has 2 amide bonds. The molecule has 0 aliphatic carbocycles. The average Bonchev–Trinajstić information content (AvgIpc) is 2.83. The number of pyridine rings is 1. The van der Waals surface area contributed by atoms with Crippen LogP contribution in [-0.4, -0.2) is 29.6 Å². The van der Waals surface area contributed by atoms with Gasteiger partial charge in [-0.3, -0.25) is 9.20 Å². The third-order valence-electron chi connectivity index (χ3n) is 4.80. The van der Waals surface area contributed by atoms with Gasteiger partial charge in [0, 0.05) is 36.1 Å². The Labute approximate surface area is 199 Å². The van der Waals surface area contributed by atoms with Crippen LogP contribution >= 0.6 is 11.6 Å². The number of carbonyl (C=O) groups is 1. The van der Waals surface area contributed by atoms with Crippen molar-refractivity contribution in [2.45, 2.75) is 6.61 Å². The minimum Gasteiger partial charge on any atom is -0.497 e. The quantitative estimate of drug-likeness (QED) is 0.401. The van der Waals surface area contributed by atoms with E-state index in [-0.39, 0.29) is 12.2 Å². The lowest BCUT2D eigenvalue weighted by Gasteiger charge is -2.14. The molecule has 0 atom stereocenters. The summed E-state index contributed by atoms with van der Waals surface area (Å²) in [6.45, 7) is 0.0295. The number of fused-ring (bicyclic) bond motifs is 1. The molecule has 0 fully saturated rings. The molecule has 0 spiro atoms. The molecule has 2 heterocycles. The lowest BCUT2D eigenvalue weighted by Crippen LogP contribution is -2.20. The zero-order valence-electron chi connectivity index (χ0n) is 18.4. The van der Waals surface area contributed by atoms with Crippen LogP contribution in [0.1, 0.15) is 5.69 Å². The van der Waals surface area contributed by atoms with Gasteiger partial charge < -0.3 is 24.8 Å². The Hall–Kier alpha value is -4.24. The molecule has 4 aromatic rings. The van der Waals surface area contributed by atoms with Crippen LogP contribution in [0, 0.1) is 0 Å². The van der Waals surface area contributed by atoms with Crippen LogP contribution in [0.3, 0.4) is 0 Å². The zero-order valence-corrected chi connectivity index (χ0v) is 19.1. The molecule has 10 heteroatoms. The fourth-order valence-corrected chi connectivity index (χ4v) is 3.37. The average molecular weight is 481 g/mol. The molecular formula is C24H21ClN4O5. The number of nitrogens with zero attached hydrogens (tertiary/aromatic N) is 2. The number of para-hydroxylation sites is 2. The van der Waals surface area contributed by atoms with Crippen molar-refractivity contribution in [2.75, 3.05) is 24.9 Å². The topological polar surface area (TPSA) is 103 Å². The highest BCUT2D eigenvalue weighted by Gasteiger charge is 2.11. The van der Waals surface area contributed by atoms with Crippen LogP contribution < -0.4 is 30.4 Å². The molecule has 2 aromatic heterocycles. The maximum atomic E-state index is 12.6. The third-order valence-corrected chi connectivity index (χ3v) is 5.02. The smallest absolute Gasteiger partial charge is 0.323 e. The first kappa shape index (κ1) is 22.9. The number of aromatic nitrogens is 2. The molecule has 0 unspecified atom stereocenters. The fraction of sp³-hybridized carbons (Fsp3) is 0.125. The largest absolute Gasteiger partial charge is 0.497 e. The molecular weight excluding hydrogens is 460 g/mol. The van der Waals surface area contributed by atoms with Crippen molar-refractivity contribution in [1.82, 2.24) is 9.38 Å². The van der Waals surface area contributed by atoms with E-state index in [0.29, 0.717) is 45.0 Å². The van der Waals surface area contributed by atoms with Gasteiger partial charge in [0.15, 0.2) is 0 Å². The number of halogens is 1. The maximum Gasteiger partial charge on any atom is 0.323 e. The molecule has 0 saturated carbocycles. The van der Waals surface area contributed by atoms with E-state index in [0.717, 1.165) is 0 Å². The Balaban J connectivity index is 1.47. The van der Waals surface area contributed by atoms with E-state index in [9.17, 15) is 9.59 Å². The van der Waals surface area contributed by atoms with Crippen molar-refractivity contribution in [3.8, 4) is 17.2 Å². The van der Waals surface area contributed by atoms with E-state index in [2.05, 4.69) is 15.6 Å². The second-order valence-electron chi connectivity index (χ2n) is 7.13.